The molecule has 2 heterocycles. The highest BCUT2D eigenvalue weighted by Crippen LogP contribution is 2.24. The van der Waals surface area contributed by atoms with E-state index >= 15 is 0 Å². The van der Waals surface area contributed by atoms with Gasteiger partial charge in [-0.3, -0.25) is 4.90 Å². The van der Waals surface area contributed by atoms with E-state index in [1.165, 1.54) is 0 Å². The van der Waals surface area contributed by atoms with Gasteiger partial charge in [0.2, 0.25) is 5.89 Å². The van der Waals surface area contributed by atoms with Crippen molar-refractivity contribution in [2.24, 2.45) is 5.73 Å². The molecular formula is C14H17ClN4O2. The summed E-state index contributed by atoms with van der Waals surface area (Å²) >= 11 is 5.91. The molecule has 1 aromatic heterocycles. The monoisotopic (exact) mass is 308 g/mol. The molecule has 2 aromatic rings. The number of hydrogen-bond acceptors (Lipinski definition) is 6. The largest absolute Gasteiger partial charge is 0.371 e. The van der Waals surface area contributed by atoms with Crippen LogP contribution in [0.1, 0.15) is 23.4 Å². The summed E-state index contributed by atoms with van der Waals surface area (Å²) in [6, 6.07) is 7.76. The molecule has 0 saturated carbocycles. The first-order valence-corrected chi connectivity index (χ1v) is 7.23. The molecule has 2 N–H and O–H groups in total. The Balaban J connectivity index is 1.63. The van der Waals surface area contributed by atoms with Gasteiger partial charge in [0.15, 0.2) is 5.82 Å². The fourth-order valence-electron chi connectivity index (χ4n) is 2.36. The molecule has 0 amide bonds. The number of morpholine rings is 1. The zero-order chi connectivity index (χ0) is 14.7. The number of benzene rings is 1. The van der Waals surface area contributed by atoms with E-state index in [1.54, 1.807) is 0 Å². The summed E-state index contributed by atoms with van der Waals surface area (Å²) in [5, 5.41) is 4.65. The fraction of sp³-hybridized carbons (Fsp3) is 0.429. The van der Waals surface area contributed by atoms with E-state index in [0.29, 0.717) is 24.9 Å². The molecule has 1 saturated heterocycles. The molecule has 1 unspecified atom stereocenters. The summed E-state index contributed by atoms with van der Waals surface area (Å²) in [6.45, 7) is 3.21. The van der Waals surface area contributed by atoms with E-state index < -0.39 is 0 Å². The van der Waals surface area contributed by atoms with Crippen LogP contribution in [-0.4, -0.2) is 34.7 Å². The highest BCUT2D eigenvalue weighted by molar-refractivity contribution is 6.30. The van der Waals surface area contributed by atoms with Gasteiger partial charge in [-0.05, 0) is 17.7 Å². The van der Waals surface area contributed by atoms with Crippen LogP contribution < -0.4 is 5.73 Å². The zero-order valence-electron chi connectivity index (χ0n) is 11.5. The van der Waals surface area contributed by atoms with Crippen molar-refractivity contribution in [1.29, 1.82) is 0 Å². The van der Waals surface area contributed by atoms with Gasteiger partial charge in [-0.2, -0.15) is 4.98 Å². The fourth-order valence-corrected chi connectivity index (χ4v) is 2.49. The quantitative estimate of drug-likeness (QED) is 0.927. The Morgan fingerprint density at radius 2 is 2.14 bits per heavy atom. The molecule has 1 fully saturated rings. The second-order valence-corrected chi connectivity index (χ2v) is 5.39. The van der Waals surface area contributed by atoms with Crippen molar-refractivity contribution in [3.8, 4) is 0 Å². The number of rotatable bonds is 4. The first kappa shape index (κ1) is 14.5. The maximum absolute atomic E-state index is 5.91. The lowest BCUT2D eigenvalue weighted by atomic mass is 10.1. The molecule has 21 heavy (non-hydrogen) atoms. The van der Waals surface area contributed by atoms with Crippen LogP contribution in [0.3, 0.4) is 0 Å². The van der Waals surface area contributed by atoms with Crippen molar-refractivity contribution in [1.82, 2.24) is 15.0 Å². The Bertz CT molecular complexity index is 587. The maximum Gasteiger partial charge on any atom is 0.240 e. The molecule has 0 bridgehead atoms. The smallest absolute Gasteiger partial charge is 0.240 e. The number of nitrogens with zero attached hydrogens (tertiary/aromatic N) is 3. The van der Waals surface area contributed by atoms with E-state index in [0.717, 1.165) is 23.7 Å². The molecule has 0 radical (unpaired) electrons. The summed E-state index contributed by atoms with van der Waals surface area (Å²) in [4.78, 5) is 6.47. The number of nitrogens with two attached hydrogens (primary N) is 1. The van der Waals surface area contributed by atoms with E-state index in [-0.39, 0.29) is 12.6 Å². The van der Waals surface area contributed by atoms with Gasteiger partial charge in [0.25, 0.3) is 0 Å². The van der Waals surface area contributed by atoms with E-state index in [4.69, 9.17) is 26.6 Å². The van der Waals surface area contributed by atoms with Gasteiger partial charge >= 0.3 is 0 Å². The minimum atomic E-state index is 0.0388. The van der Waals surface area contributed by atoms with Crippen LogP contribution in [0.25, 0.3) is 0 Å². The summed E-state index contributed by atoms with van der Waals surface area (Å²) in [5.74, 6) is 1.12. The van der Waals surface area contributed by atoms with Crippen LogP contribution in [0, 0.1) is 0 Å². The number of hydrogen-bond donors (Lipinski definition) is 1. The first-order chi connectivity index (χ1) is 10.2. The first-order valence-electron chi connectivity index (χ1n) is 6.85. The Labute approximate surface area is 127 Å². The lowest BCUT2D eigenvalue weighted by Gasteiger charge is -2.32. The number of ether oxygens (including phenoxy) is 1. The predicted octanol–water partition coefficient (Wildman–Crippen LogP) is 1.76. The Morgan fingerprint density at radius 1 is 1.33 bits per heavy atom. The van der Waals surface area contributed by atoms with E-state index in [1.807, 2.05) is 24.3 Å². The molecule has 0 aliphatic carbocycles. The topological polar surface area (TPSA) is 77.4 Å². The SMILES string of the molecule is NCc1nc(CN2CCOC(c3ccc(Cl)cc3)C2)no1. The zero-order valence-corrected chi connectivity index (χ0v) is 12.3. The van der Waals surface area contributed by atoms with Crippen LogP contribution in [0.2, 0.25) is 5.02 Å². The standard InChI is InChI=1S/C14H17ClN4O2/c15-11-3-1-10(2-4-11)12-8-19(5-6-20-12)9-13-17-14(7-16)21-18-13/h1-4,12H,5-9,16H2. The van der Waals surface area contributed by atoms with Crippen molar-refractivity contribution in [3.05, 3.63) is 46.6 Å². The van der Waals surface area contributed by atoms with Gasteiger partial charge in [-0.25, -0.2) is 0 Å². The van der Waals surface area contributed by atoms with Crippen LogP contribution in [-0.2, 0) is 17.8 Å². The number of halogens is 1. The van der Waals surface area contributed by atoms with Crippen LogP contribution in [0.5, 0.6) is 0 Å². The van der Waals surface area contributed by atoms with Crippen molar-refractivity contribution < 1.29 is 9.26 Å². The molecule has 1 aromatic carbocycles. The lowest BCUT2D eigenvalue weighted by molar-refractivity contribution is -0.0338. The molecule has 1 atom stereocenters. The van der Waals surface area contributed by atoms with Crippen molar-refractivity contribution >= 4 is 11.6 Å². The third kappa shape index (κ3) is 3.59. The summed E-state index contributed by atoms with van der Waals surface area (Å²) in [5.41, 5.74) is 6.59. The van der Waals surface area contributed by atoms with Gasteiger partial charge in [-0.15, -0.1) is 0 Å². The Hall–Kier alpha value is -1.47. The Morgan fingerprint density at radius 3 is 2.86 bits per heavy atom. The van der Waals surface area contributed by atoms with Gasteiger partial charge < -0.3 is 15.0 Å². The van der Waals surface area contributed by atoms with Gasteiger partial charge in [0.1, 0.15) is 0 Å². The number of aromatic nitrogens is 2. The highest BCUT2D eigenvalue weighted by atomic mass is 35.5. The molecule has 112 valence electrons. The summed E-state index contributed by atoms with van der Waals surface area (Å²) in [7, 11) is 0. The second-order valence-electron chi connectivity index (χ2n) is 4.95. The van der Waals surface area contributed by atoms with Crippen molar-refractivity contribution in [2.45, 2.75) is 19.2 Å². The molecular weight excluding hydrogens is 292 g/mol. The highest BCUT2D eigenvalue weighted by Gasteiger charge is 2.23. The third-order valence-electron chi connectivity index (χ3n) is 3.44. The summed E-state index contributed by atoms with van der Waals surface area (Å²) in [6.07, 6.45) is 0.0388. The Kier molecular flexibility index (Phi) is 4.50. The maximum atomic E-state index is 5.91. The third-order valence-corrected chi connectivity index (χ3v) is 3.69. The average molecular weight is 309 g/mol. The molecule has 6 nitrogen and oxygen atoms in total. The van der Waals surface area contributed by atoms with E-state index in [2.05, 4.69) is 15.0 Å². The van der Waals surface area contributed by atoms with Crippen LogP contribution >= 0.6 is 11.6 Å². The molecule has 1 aliphatic heterocycles. The average Bonchev–Trinajstić information content (AvgIpc) is 2.96. The van der Waals surface area contributed by atoms with Crippen LogP contribution in [0.4, 0.5) is 0 Å². The van der Waals surface area contributed by atoms with Gasteiger partial charge in [-0.1, -0.05) is 28.9 Å². The van der Waals surface area contributed by atoms with Gasteiger partial charge in [0.05, 0.1) is 25.8 Å². The molecule has 0 spiro atoms. The van der Waals surface area contributed by atoms with Gasteiger partial charge in [0, 0.05) is 18.1 Å². The molecule has 7 heteroatoms. The van der Waals surface area contributed by atoms with Crippen molar-refractivity contribution in [3.63, 3.8) is 0 Å². The molecule has 1 aliphatic rings. The van der Waals surface area contributed by atoms with Crippen molar-refractivity contribution in [2.75, 3.05) is 19.7 Å². The molecule has 3 rings (SSSR count). The predicted molar refractivity (Wildman–Crippen MR) is 77.6 cm³/mol. The normalized spacial score (nSPS) is 19.8. The minimum absolute atomic E-state index is 0.0388. The second kappa shape index (κ2) is 6.53. The lowest BCUT2D eigenvalue weighted by Crippen LogP contribution is -2.38. The minimum Gasteiger partial charge on any atom is -0.371 e. The summed E-state index contributed by atoms with van der Waals surface area (Å²) < 4.78 is 10.9. The van der Waals surface area contributed by atoms with E-state index in [9.17, 15) is 0 Å². The van der Waals surface area contributed by atoms with Crippen LogP contribution in [0.15, 0.2) is 28.8 Å².